The Morgan fingerprint density at radius 3 is 1.88 bits per heavy atom. The van der Waals surface area contributed by atoms with E-state index in [0.717, 1.165) is 0 Å². The normalized spacial score (nSPS) is 9.06. The Kier molecular flexibility index (Phi) is 6.40. The zero-order valence-corrected chi connectivity index (χ0v) is 11.8. The van der Waals surface area contributed by atoms with Gasteiger partial charge in [-0.3, -0.25) is 0 Å². The van der Waals surface area contributed by atoms with Crippen molar-refractivity contribution in [1.82, 2.24) is 0 Å². The maximum absolute atomic E-state index is 2.20. The van der Waals surface area contributed by atoms with Gasteiger partial charge >= 0.3 is 17.1 Å². The van der Waals surface area contributed by atoms with Gasteiger partial charge in [-0.25, -0.2) is 17.7 Å². The molecule has 0 unspecified atom stereocenters. The molecular formula is C15H20Fe. The molecule has 0 N–H and O–H groups in total. The summed E-state index contributed by atoms with van der Waals surface area (Å²) in [6.45, 7) is 10.6. The topological polar surface area (TPSA) is 0 Å². The van der Waals surface area contributed by atoms with Gasteiger partial charge in [-0.2, -0.15) is 40.5 Å². The van der Waals surface area contributed by atoms with E-state index >= 15 is 0 Å². The van der Waals surface area contributed by atoms with Gasteiger partial charge < -0.3 is 0 Å². The molecule has 1 heteroatoms. The van der Waals surface area contributed by atoms with Gasteiger partial charge in [0.25, 0.3) is 0 Å². The Bertz CT molecular complexity index is 382. The van der Waals surface area contributed by atoms with E-state index in [1.807, 2.05) is 0 Å². The Balaban J connectivity index is 0.000000267. The first-order valence-corrected chi connectivity index (χ1v) is 5.39. The van der Waals surface area contributed by atoms with Crippen molar-refractivity contribution >= 4 is 0 Å². The second kappa shape index (κ2) is 6.73. The maximum Gasteiger partial charge on any atom is 2.00 e. The molecule has 2 aromatic carbocycles. The summed E-state index contributed by atoms with van der Waals surface area (Å²) in [6, 6.07) is 10.8. The number of hydrogen-bond acceptors (Lipinski definition) is 0. The van der Waals surface area contributed by atoms with Crippen LogP contribution in [0.1, 0.15) is 27.8 Å². The summed E-state index contributed by atoms with van der Waals surface area (Å²) in [5.74, 6) is 0. The molecule has 0 bridgehead atoms. The van der Waals surface area contributed by atoms with Gasteiger partial charge in [0.15, 0.2) is 0 Å². The van der Waals surface area contributed by atoms with E-state index in [4.69, 9.17) is 0 Å². The molecule has 2 rings (SSSR count). The van der Waals surface area contributed by atoms with Gasteiger partial charge in [0.1, 0.15) is 0 Å². The van der Waals surface area contributed by atoms with Gasteiger partial charge in [0.2, 0.25) is 0 Å². The minimum atomic E-state index is 0. The standard InChI is InChI=1S/C8H11.C7H9.Fe/c1-6-4-7(2)8(3)5-6;1-6-3-4-7(2)5-6;/h4-5H,1-3H3;3-5H,1-2H3;/q2*-1;+2. The van der Waals surface area contributed by atoms with Crippen LogP contribution in [0.4, 0.5) is 0 Å². The van der Waals surface area contributed by atoms with Crippen LogP contribution in [-0.4, -0.2) is 0 Å². The molecule has 0 aromatic heterocycles. The van der Waals surface area contributed by atoms with Crippen LogP contribution in [0.3, 0.4) is 0 Å². The van der Waals surface area contributed by atoms with Crippen molar-refractivity contribution < 1.29 is 17.1 Å². The molecule has 0 atom stereocenters. The molecule has 0 fully saturated rings. The Morgan fingerprint density at radius 2 is 1.75 bits per heavy atom. The Hall–Kier alpha value is -0.781. The molecule has 0 aliphatic heterocycles. The zero-order chi connectivity index (χ0) is 11.4. The molecule has 0 radical (unpaired) electrons. The second-order valence-electron chi connectivity index (χ2n) is 4.36. The summed E-state index contributed by atoms with van der Waals surface area (Å²) in [5.41, 5.74) is 6.90. The van der Waals surface area contributed by atoms with Gasteiger partial charge in [-0.15, -0.1) is 0 Å². The Morgan fingerprint density at radius 1 is 1.12 bits per heavy atom. The second-order valence-corrected chi connectivity index (χ2v) is 4.36. The minimum Gasteiger partial charge on any atom is -0.211 e. The summed E-state index contributed by atoms with van der Waals surface area (Å²) < 4.78 is 0. The number of aryl methyl sites for hydroxylation is 5. The van der Waals surface area contributed by atoms with Crippen LogP contribution in [0.15, 0.2) is 30.3 Å². The van der Waals surface area contributed by atoms with Crippen molar-refractivity contribution in [2.75, 3.05) is 0 Å². The molecule has 2 aromatic rings. The first-order chi connectivity index (χ1) is 6.99. The summed E-state index contributed by atoms with van der Waals surface area (Å²) in [6.07, 6.45) is 0. The SMILES string of the molecule is Cc1cc(C)c(C)[cH-]1.Cc1cc[c-](C)c1.[Fe+2]. The first kappa shape index (κ1) is 15.2. The first-order valence-electron chi connectivity index (χ1n) is 5.39. The van der Waals surface area contributed by atoms with Crippen molar-refractivity contribution in [3.8, 4) is 0 Å². The number of hydrogen-bond donors (Lipinski definition) is 0. The maximum atomic E-state index is 2.20. The molecule has 0 heterocycles. The molecule has 0 nitrogen and oxygen atoms in total. The molecule has 88 valence electrons. The largest absolute Gasteiger partial charge is 2.00 e. The van der Waals surface area contributed by atoms with Crippen molar-refractivity contribution in [2.24, 2.45) is 0 Å². The quantitative estimate of drug-likeness (QED) is 0.485. The summed E-state index contributed by atoms with van der Waals surface area (Å²) in [7, 11) is 0. The van der Waals surface area contributed by atoms with Crippen LogP contribution in [0.2, 0.25) is 0 Å². The van der Waals surface area contributed by atoms with E-state index in [2.05, 4.69) is 65.0 Å². The van der Waals surface area contributed by atoms with Crippen molar-refractivity contribution in [3.63, 3.8) is 0 Å². The van der Waals surface area contributed by atoms with Crippen LogP contribution in [0.5, 0.6) is 0 Å². The molecule has 0 amide bonds. The number of rotatable bonds is 0. The molecule has 0 saturated carbocycles. The van der Waals surface area contributed by atoms with Gasteiger partial charge in [-0.05, 0) is 0 Å². The van der Waals surface area contributed by atoms with Gasteiger partial charge in [-0.1, -0.05) is 34.6 Å². The smallest absolute Gasteiger partial charge is 0.211 e. The monoisotopic (exact) mass is 256 g/mol. The molecular weight excluding hydrogens is 236 g/mol. The van der Waals surface area contributed by atoms with E-state index in [-0.39, 0.29) is 17.1 Å². The Labute approximate surface area is 110 Å². The minimum absolute atomic E-state index is 0. The molecule has 16 heavy (non-hydrogen) atoms. The van der Waals surface area contributed by atoms with E-state index < -0.39 is 0 Å². The summed E-state index contributed by atoms with van der Waals surface area (Å²) in [5, 5.41) is 0. The van der Waals surface area contributed by atoms with Gasteiger partial charge in [0, 0.05) is 0 Å². The van der Waals surface area contributed by atoms with Crippen LogP contribution >= 0.6 is 0 Å². The predicted molar refractivity (Wildman–Crippen MR) is 67.8 cm³/mol. The van der Waals surface area contributed by atoms with E-state index in [1.165, 1.54) is 27.8 Å². The fraction of sp³-hybridized carbons (Fsp3) is 0.333. The van der Waals surface area contributed by atoms with Crippen molar-refractivity contribution in [3.05, 3.63) is 58.1 Å². The van der Waals surface area contributed by atoms with Crippen LogP contribution < -0.4 is 0 Å². The zero-order valence-electron chi connectivity index (χ0n) is 10.7. The summed E-state index contributed by atoms with van der Waals surface area (Å²) in [4.78, 5) is 0. The third kappa shape index (κ3) is 4.83. The fourth-order valence-electron chi connectivity index (χ4n) is 1.67. The molecule has 0 saturated heterocycles. The van der Waals surface area contributed by atoms with Crippen LogP contribution in [0.25, 0.3) is 0 Å². The van der Waals surface area contributed by atoms with Crippen LogP contribution in [-0.2, 0) is 17.1 Å². The molecule has 0 spiro atoms. The van der Waals surface area contributed by atoms with E-state index in [9.17, 15) is 0 Å². The summed E-state index contributed by atoms with van der Waals surface area (Å²) >= 11 is 0. The van der Waals surface area contributed by atoms with Crippen molar-refractivity contribution in [1.29, 1.82) is 0 Å². The third-order valence-electron chi connectivity index (χ3n) is 2.57. The predicted octanol–water partition coefficient (Wildman–Crippen LogP) is 4.35. The molecule has 0 aliphatic rings. The van der Waals surface area contributed by atoms with Crippen molar-refractivity contribution in [2.45, 2.75) is 34.6 Å². The van der Waals surface area contributed by atoms with Crippen LogP contribution in [0, 0.1) is 34.6 Å². The average molecular weight is 256 g/mol. The molecule has 0 aliphatic carbocycles. The van der Waals surface area contributed by atoms with Gasteiger partial charge in [0.05, 0.1) is 0 Å². The fourth-order valence-corrected chi connectivity index (χ4v) is 1.67. The third-order valence-corrected chi connectivity index (χ3v) is 2.57. The van der Waals surface area contributed by atoms with E-state index in [1.54, 1.807) is 0 Å². The van der Waals surface area contributed by atoms with E-state index in [0.29, 0.717) is 0 Å². The average Bonchev–Trinajstić information content (AvgIpc) is 2.61.